The Bertz CT molecular complexity index is 1430. The van der Waals surface area contributed by atoms with Gasteiger partial charge in [0.15, 0.2) is 0 Å². The van der Waals surface area contributed by atoms with Crippen molar-refractivity contribution < 1.29 is 18.0 Å². The Kier molecular flexibility index (Phi) is 11.0. The number of carbonyl (C=O) groups excluding carboxylic acids is 2. The van der Waals surface area contributed by atoms with Gasteiger partial charge in [0.25, 0.3) is 10.0 Å². The molecule has 0 fully saturated rings. The highest BCUT2D eigenvalue weighted by atomic mass is 35.5. The predicted molar refractivity (Wildman–Crippen MR) is 161 cm³/mol. The van der Waals surface area contributed by atoms with Crippen LogP contribution in [-0.4, -0.2) is 44.3 Å². The van der Waals surface area contributed by atoms with Crippen LogP contribution in [0.25, 0.3) is 0 Å². The monoisotopic (exact) mass is 603 g/mol. The lowest BCUT2D eigenvalue weighted by molar-refractivity contribution is -0.139. The third-order valence-electron chi connectivity index (χ3n) is 6.55. The highest BCUT2D eigenvalue weighted by Crippen LogP contribution is 2.31. The van der Waals surface area contributed by atoms with Crippen molar-refractivity contribution in [3.63, 3.8) is 0 Å². The maximum Gasteiger partial charge on any atom is 0.264 e. The van der Waals surface area contributed by atoms with Gasteiger partial charge >= 0.3 is 0 Å². The number of rotatable bonds is 12. The van der Waals surface area contributed by atoms with Crippen molar-refractivity contribution in [2.75, 3.05) is 17.4 Å². The van der Waals surface area contributed by atoms with Gasteiger partial charge in [-0.2, -0.15) is 0 Å². The van der Waals surface area contributed by atoms with Crippen molar-refractivity contribution in [3.8, 4) is 0 Å². The van der Waals surface area contributed by atoms with Gasteiger partial charge in [-0.25, -0.2) is 8.42 Å². The van der Waals surface area contributed by atoms with Gasteiger partial charge in [-0.05, 0) is 63.1 Å². The van der Waals surface area contributed by atoms with Crippen LogP contribution >= 0.6 is 23.2 Å². The zero-order valence-electron chi connectivity index (χ0n) is 23.2. The number of hydrogen-bond donors (Lipinski definition) is 1. The van der Waals surface area contributed by atoms with Gasteiger partial charge in [0.05, 0.1) is 20.6 Å². The van der Waals surface area contributed by atoms with E-state index in [4.69, 9.17) is 23.2 Å². The number of amides is 2. The number of nitrogens with zero attached hydrogens (tertiary/aromatic N) is 2. The summed E-state index contributed by atoms with van der Waals surface area (Å²) in [4.78, 5) is 28.4. The predicted octanol–water partition coefficient (Wildman–Crippen LogP) is 6.14. The minimum atomic E-state index is -4.19. The topological polar surface area (TPSA) is 86.8 Å². The molecule has 1 N–H and O–H groups in total. The lowest BCUT2D eigenvalue weighted by Crippen LogP contribution is -2.51. The molecule has 0 spiro atoms. The molecule has 0 aliphatic carbocycles. The molecule has 0 heterocycles. The highest BCUT2D eigenvalue weighted by molar-refractivity contribution is 7.92. The molecule has 3 rings (SSSR count). The average Bonchev–Trinajstić information content (AvgIpc) is 2.92. The van der Waals surface area contributed by atoms with Gasteiger partial charge in [0.2, 0.25) is 11.8 Å². The van der Waals surface area contributed by atoms with Crippen LogP contribution in [-0.2, 0) is 26.2 Å². The van der Waals surface area contributed by atoms with Gasteiger partial charge in [-0.3, -0.25) is 13.9 Å². The van der Waals surface area contributed by atoms with E-state index in [2.05, 4.69) is 5.32 Å². The Hall–Kier alpha value is -3.07. The molecule has 7 nitrogen and oxygen atoms in total. The van der Waals surface area contributed by atoms with Crippen LogP contribution in [0.1, 0.15) is 43.4 Å². The number of unbranched alkanes of at least 4 members (excludes halogenated alkanes) is 1. The Balaban J connectivity index is 2.02. The molecular weight excluding hydrogens is 569 g/mol. The summed E-state index contributed by atoms with van der Waals surface area (Å²) >= 11 is 12.3. The fraction of sp³-hybridized carbons (Fsp3) is 0.333. The van der Waals surface area contributed by atoms with Crippen LogP contribution in [0.5, 0.6) is 0 Å². The number of hydrogen-bond acceptors (Lipinski definition) is 4. The average molecular weight is 605 g/mol. The Morgan fingerprint density at radius 2 is 1.50 bits per heavy atom. The third kappa shape index (κ3) is 7.99. The second-order valence-electron chi connectivity index (χ2n) is 9.75. The summed E-state index contributed by atoms with van der Waals surface area (Å²) in [7, 11) is -4.19. The fourth-order valence-electron chi connectivity index (χ4n) is 4.02. The first-order valence-electron chi connectivity index (χ1n) is 13.1. The van der Waals surface area contributed by atoms with Crippen molar-refractivity contribution in [1.29, 1.82) is 0 Å². The van der Waals surface area contributed by atoms with Crippen LogP contribution in [0.2, 0.25) is 10.0 Å². The number of benzene rings is 3. The summed E-state index contributed by atoms with van der Waals surface area (Å²) in [6.07, 6.45) is 1.72. The van der Waals surface area contributed by atoms with E-state index in [1.165, 1.54) is 35.2 Å². The smallest absolute Gasteiger partial charge is 0.264 e. The van der Waals surface area contributed by atoms with Crippen molar-refractivity contribution in [2.24, 2.45) is 0 Å². The zero-order valence-corrected chi connectivity index (χ0v) is 25.5. The van der Waals surface area contributed by atoms with Gasteiger partial charge in [0.1, 0.15) is 12.6 Å². The standard InChI is InChI=1S/C30H35Cl2N3O4S/c1-5-6-17-33-30(37)23(4)34(19-24-11-7-21(2)8-12-24)29(36)20-35(25-13-16-27(31)28(32)18-25)40(38,39)26-14-9-22(3)10-15-26/h7-16,18,23H,5-6,17,19-20H2,1-4H3,(H,33,37). The largest absolute Gasteiger partial charge is 0.354 e. The first kappa shape index (κ1) is 31.5. The minimum Gasteiger partial charge on any atom is -0.354 e. The molecular formula is C30H35Cl2N3O4S. The third-order valence-corrected chi connectivity index (χ3v) is 9.08. The van der Waals surface area contributed by atoms with E-state index in [9.17, 15) is 18.0 Å². The van der Waals surface area contributed by atoms with Gasteiger partial charge < -0.3 is 10.2 Å². The molecule has 0 bridgehead atoms. The molecule has 10 heteroatoms. The SMILES string of the molecule is CCCCNC(=O)C(C)N(Cc1ccc(C)cc1)C(=O)CN(c1ccc(Cl)c(Cl)c1)S(=O)(=O)c1ccc(C)cc1. The Labute approximate surface area is 247 Å². The van der Waals surface area contributed by atoms with Gasteiger partial charge in [-0.15, -0.1) is 0 Å². The maximum absolute atomic E-state index is 13.9. The number of anilines is 1. The second kappa shape index (κ2) is 14.0. The quantitative estimate of drug-likeness (QED) is 0.252. The second-order valence-corrected chi connectivity index (χ2v) is 12.4. The lowest BCUT2D eigenvalue weighted by atomic mass is 10.1. The van der Waals surface area contributed by atoms with E-state index in [-0.39, 0.29) is 33.1 Å². The van der Waals surface area contributed by atoms with Crippen LogP contribution in [0, 0.1) is 13.8 Å². The summed E-state index contributed by atoms with van der Waals surface area (Å²) < 4.78 is 28.8. The van der Waals surface area contributed by atoms with Crippen LogP contribution in [0.4, 0.5) is 5.69 Å². The Morgan fingerprint density at radius 1 is 0.900 bits per heavy atom. The molecule has 214 valence electrons. The molecule has 3 aromatic rings. The normalized spacial score (nSPS) is 12.1. The van der Waals surface area contributed by atoms with E-state index < -0.39 is 28.5 Å². The number of aryl methyl sites for hydroxylation is 2. The summed E-state index contributed by atoms with van der Waals surface area (Å²) in [5.74, 6) is -0.850. The van der Waals surface area contributed by atoms with Gasteiger partial charge in [0, 0.05) is 13.1 Å². The molecule has 3 aromatic carbocycles. The fourth-order valence-corrected chi connectivity index (χ4v) is 5.71. The van der Waals surface area contributed by atoms with Crippen LogP contribution in [0.3, 0.4) is 0 Å². The summed E-state index contributed by atoms with van der Waals surface area (Å²) in [5, 5.41) is 3.28. The summed E-state index contributed by atoms with van der Waals surface area (Å²) in [5.41, 5.74) is 2.94. The van der Waals surface area contributed by atoms with E-state index in [1.807, 2.05) is 45.0 Å². The summed E-state index contributed by atoms with van der Waals surface area (Å²) in [6.45, 7) is 7.55. The maximum atomic E-state index is 13.9. The molecule has 2 amide bonds. The molecule has 0 saturated heterocycles. The molecule has 0 aliphatic heterocycles. The minimum absolute atomic E-state index is 0.0208. The van der Waals surface area contributed by atoms with Gasteiger partial charge in [-0.1, -0.05) is 84.1 Å². The number of nitrogens with one attached hydrogen (secondary N) is 1. The molecule has 0 aliphatic rings. The molecule has 40 heavy (non-hydrogen) atoms. The molecule has 0 radical (unpaired) electrons. The van der Waals surface area contributed by atoms with E-state index in [1.54, 1.807) is 19.1 Å². The van der Waals surface area contributed by atoms with Crippen LogP contribution in [0.15, 0.2) is 71.6 Å². The zero-order chi connectivity index (χ0) is 29.4. The number of carbonyl (C=O) groups is 2. The number of halogens is 2. The molecule has 1 unspecified atom stereocenters. The van der Waals surface area contributed by atoms with E-state index in [0.29, 0.717) is 6.54 Å². The van der Waals surface area contributed by atoms with Crippen molar-refractivity contribution >= 4 is 50.7 Å². The van der Waals surface area contributed by atoms with Crippen molar-refractivity contribution in [2.45, 2.75) is 58.0 Å². The van der Waals surface area contributed by atoms with Crippen molar-refractivity contribution in [1.82, 2.24) is 10.2 Å². The van der Waals surface area contributed by atoms with E-state index >= 15 is 0 Å². The van der Waals surface area contributed by atoms with E-state index in [0.717, 1.165) is 33.8 Å². The lowest BCUT2D eigenvalue weighted by Gasteiger charge is -2.32. The summed E-state index contributed by atoms with van der Waals surface area (Å²) in [6, 6.07) is 17.5. The first-order valence-corrected chi connectivity index (χ1v) is 15.3. The first-order chi connectivity index (χ1) is 18.9. The van der Waals surface area contributed by atoms with Crippen molar-refractivity contribution in [3.05, 3.63) is 93.5 Å². The Morgan fingerprint density at radius 3 is 2.08 bits per heavy atom. The number of sulfonamides is 1. The molecule has 0 aromatic heterocycles. The highest BCUT2D eigenvalue weighted by Gasteiger charge is 2.32. The molecule has 0 saturated carbocycles. The van der Waals surface area contributed by atoms with Crippen LogP contribution < -0.4 is 9.62 Å². The molecule has 1 atom stereocenters.